The van der Waals surface area contributed by atoms with Gasteiger partial charge in [0.2, 0.25) is 11.6 Å². The van der Waals surface area contributed by atoms with E-state index in [2.05, 4.69) is 6.92 Å². The number of esters is 1. The van der Waals surface area contributed by atoms with E-state index < -0.39 is 17.6 Å². The van der Waals surface area contributed by atoms with Gasteiger partial charge in [0.15, 0.2) is 11.5 Å². The maximum atomic E-state index is 14.3. The van der Waals surface area contributed by atoms with Gasteiger partial charge in [0.25, 0.3) is 0 Å². The van der Waals surface area contributed by atoms with E-state index in [0.717, 1.165) is 37.0 Å². The van der Waals surface area contributed by atoms with Gasteiger partial charge in [-0.05, 0) is 80.2 Å². The van der Waals surface area contributed by atoms with E-state index in [1.54, 1.807) is 0 Å². The first-order valence-corrected chi connectivity index (χ1v) is 12.2. The summed E-state index contributed by atoms with van der Waals surface area (Å²) in [5, 5.41) is 0. The Labute approximate surface area is 184 Å². The van der Waals surface area contributed by atoms with E-state index in [1.807, 2.05) is 0 Å². The lowest BCUT2D eigenvalue weighted by atomic mass is 9.59. The van der Waals surface area contributed by atoms with Crippen LogP contribution in [0.3, 0.4) is 0 Å². The van der Waals surface area contributed by atoms with E-state index in [4.69, 9.17) is 9.47 Å². The molecule has 0 amide bonds. The minimum atomic E-state index is -1.16. The number of fused-ring (bicyclic) bond motifs is 1. The number of ether oxygens (including phenoxy) is 2. The lowest BCUT2D eigenvalue weighted by Crippen LogP contribution is -2.40. The molecule has 3 aliphatic carbocycles. The molecule has 0 aliphatic heterocycles. The highest BCUT2D eigenvalue weighted by atomic mass is 19.2. The van der Waals surface area contributed by atoms with Crippen LogP contribution < -0.4 is 9.47 Å². The summed E-state index contributed by atoms with van der Waals surface area (Å²) in [4.78, 5) is 13.0. The molecular weight excluding hydrogens is 398 g/mol. The smallest absolute Gasteiger partial charge is 0.314 e. The zero-order valence-corrected chi connectivity index (χ0v) is 18.9. The quantitative estimate of drug-likeness (QED) is 0.372. The third-order valence-corrected chi connectivity index (χ3v) is 8.57. The van der Waals surface area contributed by atoms with E-state index in [1.165, 1.54) is 70.6 Å². The molecule has 4 unspecified atom stereocenters. The Morgan fingerprint density at radius 1 is 0.903 bits per heavy atom. The Bertz CT molecular complexity index is 772. The highest BCUT2D eigenvalue weighted by molar-refractivity contribution is 5.75. The molecule has 0 saturated heterocycles. The fraction of sp³-hybridized carbons (Fsp3) is 0.731. The van der Waals surface area contributed by atoms with Crippen molar-refractivity contribution in [2.75, 3.05) is 7.11 Å². The molecule has 0 radical (unpaired) electrons. The van der Waals surface area contributed by atoms with Gasteiger partial charge in [0, 0.05) is 0 Å². The maximum Gasteiger partial charge on any atom is 0.314 e. The number of benzene rings is 1. The van der Waals surface area contributed by atoms with Gasteiger partial charge in [-0.1, -0.05) is 39.0 Å². The molecule has 3 fully saturated rings. The SMILES string of the molecule is CCC1CCC(C2CCC3C(CCCC3C(=O)Oc3ccc(OC)c(F)c3F)C2)CC1. The molecule has 1 aromatic carbocycles. The van der Waals surface area contributed by atoms with Crippen LogP contribution >= 0.6 is 0 Å². The molecule has 0 heterocycles. The average Bonchev–Trinajstić information content (AvgIpc) is 2.81. The molecule has 1 aromatic rings. The van der Waals surface area contributed by atoms with Crippen LogP contribution in [-0.2, 0) is 4.79 Å². The van der Waals surface area contributed by atoms with Gasteiger partial charge < -0.3 is 9.47 Å². The molecule has 4 rings (SSSR count). The third-order valence-electron chi connectivity index (χ3n) is 8.57. The highest BCUT2D eigenvalue weighted by Crippen LogP contribution is 2.50. The molecule has 3 aliphatic rings. The molecule has 172 valence electrons. The fourth-order valence-corrected chi connectivity index (χ4v) is 6.72. The van der Waals surface area contributed by atoms with Gasteiger partial charge in [0.05, 0.1) is 13.0 Å². The van der Waals surface area contributed by atoms with Crippen LogP contribution in [0, 0.1) is 47.1 Å². The summed E-state index contributed by atoms with van der Waals surface area (Å²) in [7, 11) is 1.28. The Morgan fingerprint density at radius 3 is 2.29 bits per heavy atom. The minimum Gasteiger partial charge on any atom is -0.494 e. The summed E-state index contributed by atoms with van der Waals surface area (Å²) in [6.07, 6.45) is 13.3. The molecule has 0 bridgehead atoms. The summed E-state index contributed by atoms with van der Waals surface area (Å²) in [6, 6.07) is 2.57. The van der Waals surface area contributed by atoms with Gasteiger partial charge in [-0.15, -0.1) is 0 Å². The first kappa shape index (κ1) is 22.5. The van der Waals surface area contributed by atoms with Crippen LogP contribution in [0.4, 0.5) is 8.78 Å². The average molecular weight is 435 g/mol. The number of hydrogen-bond acceptors (Lipinski definition) is 3. The standard InChI is InChI=1S/C26H36F2O3/c1-3-16-7-9-17(10-8-16)18-11-12-20-19(15-18)5-4-6-21(20)26(29)31-23-14-13-22(30-2)24(27)25(23)28/h13-14,16-21H,3-12,15H2,1-2H3. The van der Waals surface area contributed by atoms with Crippen molar-refractivity contribution in [3.63, 3.8) is 0 Å². The molecule has 4 atom stereocenters. The number of methoxy groups -OCH3 is 1. The second-order valence-electron chi connectivity index (χ2n) is 10.0. The number of carbonyl (C=O) groups is 1. The summed E-state index contributed by atoms with van der Waals surface area (Å²) < 4.78 is 38.4. The molecule has 0 spiro atoms. The molecule has 0 aromatic heterocycles. The predicted molar refractivity (Wildman–Crippen MR) is 116 cm³/mol. The van der Waals surface area contributed by atoms with Crippen molar-refractivity contribution in [3.8, 4) is 11.5 Å². The lowest BCUT2D eigenvalue weighted by molar-refractivity contribution is -0.144. The van der Waals surface area contributed by atoms with Crippen molar-refractivity contribution < 1.29 is 23.0 Å². The van der Waals surface area contributed by atoms with E-state index in [9.17, 15) is 13.6 Å². The van der Waals surface area contributed by atoms with Crippen LogP contribution in [0.1, 0.15) is 77.6 Å². The third kappa shape index (κ3) is 4.75. The Hall–Kier alpha value is -1.65. The molecule has 3 nitrogen and oxygen atoms in total. The number of carbonyl (C=O) groups excluding carboxylic acids is 1. The van der Waals surface area contributed by atoms with Crippen LogP contribution in [0.25, 0.3) is 0 Å². The normalized spacial score (nSPS) is 33.4. The largest absolute Gasteiger partial charge is 0.494 e. The monoisotopic (exact) mass is 434 g/mol. The summed E-state index contributed by atoms with van der Waals surface area (Å²) >= 11 is 0. The number of rotatable bonds is 5. The molecular formula is C26H36F2O3. The van der Waals surface area contributed by atoms with Gasteiger partial charge in [-0.2, -0.15) is 8.78 Å². The van der Waals surface area contributed by atoms with Crippen molar-refractivity contribution in [1.82, 2.24) is 0 Å². The lowest BCUT2D eigenvalue weighted by Gasteiger charge is -2.46. The van der Waals surface area contributed by atoms with Crippen molar-refractivity contribution in [2.24, 2.45) is 35.5 Å². The van der Waals surface area contributed by atoms with E-state index in [0.29, 0.717) is 11.8 Å². The Kier molecular flexibility index (Phi) is 7.18. The highest BCUT2D eigenvalue weighted by Gasteiger charge is 2.43. The number of halogens is 2. The van der Waals surface area contributed by atoms with Crippen LogP contribution in [0.2, 0.25) is 0 Å². The minimum absolute atomic E-state index is 0.193. The van der Waals surface area contributed by atoms with Gasteiger partial charge in [-0.25, -0.2) is 0 Å². The zero-order chi connectivity index (χ0) is 22.0. The maximum absolute atomic E-state index is 14.3. The van der Waals surface area contributed by atoms with Crippen molar-refractivity contribution >= 4 is 5.97 Å². The van der Waals surface area contributed by atoms with Gasteiger partial charge in [-0.3, -0.25) is 4.79 Å². The fourth-order valence-electron chi connectivity index (χ4n) is 6.72. The number of hydrogen-bond donors (Lipinski definition) is 0. The molecule has 3 saturated carbocycles. The predicted octanol–water partition coefficient (Wildman–Crippen LogP) is 6.93. The molecule has 31 heavy (non-hydrogen) atoms. The zero-order valence-electron chi connectivity index (χ0n) is 18.9. The topological polar surface area (TPSA) is 35.5 Å². The van der Waals surface area contributed by atoms with Crippen molar-refractivity contribution in [1.29, 1.82) is 0 Å². The Morgan fingerprint density at radius 2 is 1.58 bits per heavy atom. The van der Waals surface area contributed by atoms with E-state index >= 15 is 0 Å². The van der Waals surface area contributed by atoms with Crippen LogP contribution in [-0.4, -0.2) is 13.1 Å². The van der Waals surface area contributed by atoms with Crippen LogP contribution in [0.15, 0.2) is 12.1 Å². The molecule has 0 N–H and O–H groups in total. The van der Waals surface area contributed by atoms with Crippen molar-refractivity contribution in [3.05, 3.63) is 23.8 Å². The second kappa shape index (κ2) is 9.87. The second-order valence-corrected chi connectivity index (χ2v) is 10.0. The summed E-state index contributed by atoms with van der Waals surface area (Å²) in [5.41, 5.74) is 0. The van der Waals surface area contributed by atoms with Crippen LogP contribution in [0.5, 0.6) is 11.5 Å². The summed E-state index contributed by atoms with van der Waals surface area (Å²) in [6.45, 7) is 2.31. The summed E-state index contributed by atoms with van der Waals surface area (Å²) in [5.74, 6) is 0.0217. The van der Waals surface area contributed by atoms with E-state index in [-0.39, 0.29) is 17.4 Å². The Balaban J connectivity index is 1.38. The first-order valence-electron chi connectivity index (χ1n) is 12.2. The van der Waals surface area contributed by atoms with Gasteiger partial charge in [0.1, 0.15) is 0 Å². The van der Waals surface area contributed by atoms with Crippen molar-refractivity contribution in [2.45, 2.75) is 77.6 Å². The van der Waals surface area contributed by atoms with Gasteiger partial charge >= 0.3 is 5.97 Å². The first-order chi connectivity index (χ1) is 15.0. The molecule has 5 heteroatoms.